The van der Waals surface area contributed by atoms with E-state index < -0.39 is 0 Å². The maximum absolute atomic E-state index is 8.69. The molecule has 5 heteroatoms. The van der Waals surface area contributed by atoms with Crippen molar-refractivity contribution in [2.24, 2.45) is 0 Å². The molecule has 2 N–H and O–H groups in total. The van der Waals surface area contributed by atoms with Crippen molar-refractivity contribution in [1.29, 1.82) is 0 Å². The Labute approximate surface area is 109 Å². The van der Waals surface area contributed by atoms with Crippen LogP contribution in [-0.2, 0) is 0 Å². The first-order chi connectivity index (χ1) is 9.36. The predicted octanol–water partition coefficient (Wildman–Crippen LogP) is 2.00. The largest absolute Gasteiger partial charge is 0.491 e. The fraction of sp³-hybridized carbons (Fsp3) is 0.143. The second-order valence-corrected chi connectivity index (χ2v) is 4.07. The fourth-order valence-corrected chi connectivity index (χ4v) is 1.87. The predicted molar refractivity (Wildman–Crippen MR) is 71.9 cm³/mol. The second kappa shape index (κ2) is 5.07. The van der Waals surface area contributed by atoms with Crippen LogP contribution in [0, 0.1) is 0 Å². The van der Waals surface area contributed by atoms with Crippen molar-refractivity contribution in [2.45, 2.75) is 0 Å². The van der Waals surface area contributed by atoms with Crippen LogP contribution < -0.4 is 4.74 Å². The van der Waals surface area contributed by atoms with E-state index in [0.717, 1.165) is 28.2 Å². The SMILES string of the molecule is OCCOc1ccc(-c2nc3cnccc3[nH]2)cc1. The summed E-state index contributed by atoms with van der Waals surface area (Å²) in [5.74, 6) is 1.53. The van der Waals surface area contributed by atoms with Crippen LogP contribution >= 0.6 is 0 Å². The Morgan fingerprint density at radius 1 is 1.16 bits per heavy atom. The van der Waals surface area contributed by atoms with Gasteiger partial charge >= 0.3 is 0 Å². The van der Waals surface area contributed by atoms with E-state index in [2.05, 4.69) is 15.0 Å². The highest BCUT2D eigenvalue weighted by atomic mass is 16.5. The van der Waals surface area contributed by atoms with Crippen LogP contribution in [0.15, 0.2) is 42.7 Å². The zero-order valence-corrected chi connectivity index (χ0v) is 10.2. The molecule has 0 atom stereocenters. The van der Waals surface area contributed by atoms with Gasteiger partial charge in [0.1, 0.15) is 23.7 Å². The van der Waals surface area contributed by atoms with Gasteiger partial charge in [-0.3, -0.25) is 4.98 Å². The van der Waals surface area contributed by atoms with Gasteiger partial charge in [-0.2, -0.15) is 0 Å². The summed E-state index contributed by atoms with van der Waals surface area (Å²) in [4.78, 5) is 11.8. The summed E-state index contributed by atoms with van der Waals surface area (Å²) < 4.78 is 5.31. The van der Waals surface area contributed by atoms with Crippen molar-refractivity contribution in [2.75, 3.05) is 13.2 Å². The molecular weight excluding hydrogens is 242 g/mol. The number of nitrogens with zero attached hydrogens (tertiary/aromatic N) is 2. The molecule has 0 saturated carbocycles. The quantitative estimate of drug-likeness (QED) is 0.748. The zero-order valence-electron chi connectivity index (χ0n) is 10.2. The molecule has 5 nitrogen and oxygen atoms in total. The summed E-state index contributed by atoms with van der Waals surface area (Å²) in [7, 11) is 0. The van der Waals surface area contributed by atoms with Gasteiger partial charge in [-0.1, -0.05) is 0 Å². The maximum Gasteiger partial charge on any atom is 0.138 e. The van der Waals surface area contributed by atoms with Crippen LogP contribution in [-0.4, -0.2) is 33.3 Å². The van der Waals surface area contributed by atoms with Crippen molar-refractivity contribution in [3.05, 3.63) is 42.7 Å². The van der Waals surface area contributed by atoms with Gasteiger partial charge in [0, 0.05) is 11.8 Å². The maximum atomic E-state index is 8.69. The van der Waals surface area contributed by atoms with Crippen LogP contribution in [0.1, 0.15) is 0 Å². The van der Waals surface area contributed by atoms with Gasteiger partial charge in [0.2, 0.25) is 0 Å². The number of aromatic nitrogens is 3. The van der Waals surface area contributed by atoms with Gasteiger partial charge < -0.3 is 14.8 Å². The summed E-state index contributed by atoms with van der Waals surface area (Å²) in [5.41, 5.74) is 2.79. The number of imidazole rings is 1. The molecule has 0 aliphatic heterocycles. The monoisotopic (exact) mass is 255 g/mol. The Morgan fingerprint density at radius 3 is 2.74 bits per heavy atom. The number of benzene rings is 1. The summed E-state index contributed by atoms with van der Waals surface area (Å²) >= 11 is 0. The summed E-state index contributed by atoms with van der Waals surface area (Å²) in [6.07, 6.45) is 3.46. The first kappa shape index (κ1) is 11.7. The van der Waals surface area contributed by atoms with Gasteiger partial charge in [0.25, 0.3) is 0 Å². The number of hydrogen-bond acceptors (Lipinski definition) is 4. The number of ether oxygens (including phenoxy) is 1. The minimum atomic E-state index is 0.0122. The van der Waals surface area contributed by atoms with Gasteiger partial charge in [-0.15, -0.1) is 0 Å². The molecule has 0 amide bonds. The molecule has 0 aliphatic carbocycles. The number of fused-ring (bicyclic) bond motifs is 1. The number of hydrogen-bond donors (Lipinski definition) is 2. The molecule has 3 rings (SSSR count). The van der Waals surface area contributed by atoms with E-state index in [4.69, 9.17) is 9.84 Å². The molecular formula is C14H13N3O2. The van der Waals surface area contributed by atoms with Crippen molar-refractivity contribution in [3.63, 3.8) is 0 Å². The zero-order chi connectivity index (χ0) is 13.1. The second-order valence-electron chi connectivity index (χ2n) is 4.07. The average molecular weight is 255 g/mol. The summed E-state index contributed by atoms with van der Waals surface area (Å²) in [6.45, 7) is 0.313. The molecule has 0 fully saturated rings. The minimum Gasteiger partial charge on any atom is -0.491 e. The number of nitrogens with one attached hydrogen (secondary N) is 1. The normalized spacial score (nSPS) is 10.8. The van der Waals surface area contributed by atoms with E-state index in [9.17, 15) is 0 Å². The number of aromatic amines is 1. The molecule has 96 valence electrons. The van der Waals surface area contributed by atoms with E-state index in [0.29, 0.717) is 6.61 Å². The van der Waals surface area contributed by atoms with Crippen LogP contribution in [0.3, 0.4) is 0 Å². The summed E-state index contributed by atoms with van der Waals surface area (Å²) in [6, 6.07) is 9.47. The Hall–Kier alpha value is -2.40. The van der Waals surface area contributed by atoms with Gasteiger partial charge in [0.15, 0.2) is 0 Å². The van der Waals surface area contributed by atoms with Crippen LogP contribution in [0.25, 0.3) is 22.4 Å². The molecule has 0 spiro atoms. The lowest BCUT2D eigenvalue weighted by Gasteiger charge is -2.04. The number of aliphatic hydroxyl groups excluding tert-OH is 1. The first-order valence-corrected chi connectivity index (χ1v) is 6.00. The van der Waals surface area contributed by atoms with Crippen LogP contribution in [0.2, 0.25) is 0 Å². The number of aliphatic hydroxyl groups is 1. The van der Waals surface area contributed by atoms with E-state index >= 15 is 0 Å². The molecule has 1 aromatic carbocycles. The first-order valence-electron chi connectivity index (χ1n) is 6.00. The summed E-state index contributed by atoms with van der Waals surface area (Å²) in [5, 5.41) is 8.69. The van der Waals surface area contributed by atoms with Crippen molar-refractivity contribution >= 4 is 11.0 Å². The molecule has 2 aromatic heterocycles. The Balaban J connectivity index is 1.88. The molecule has 0 aliphatic rings. The topological polar surface area (TPSA) is 71.0 Å². The van der Waals surface area contributed by atoms with Gasteiger partial charge in [-0.25, -0.2) is 4.98 Å². The Morgan fingerprint density at radius 2 is 2.00 bits per heavy atom. The number of pyridine rings is 1. The molecule has 19 heavy (non-hydrogen) atoms. The third-order valence-corrected chi connectivity index (χ3v) is 2.77. The lowest BCUT2D eigenvalue weighted by Crippen LogP contribution is -2.01. The highest BCUT2D eigenvalue weighted by molar-refractivity contribution is 5.78. The number of rotatable bonds is 4. The highest BCUT2D eigenvalue weighted by Crippen LogP contribution is 2.22. The lowest BCUT2D eigenvalue weighted by molar-refractivity contribution is 0.201. The van der Waals surface area contributed by atoms with Gasteiger partial charge in [-0.05, 0) is 30.3 Å². The minimum absolute atomic E-state index is 0.0122. The van der Waals surface area contributed by atoms with E-state index in [1.807, 2.05) is 30.3 Å². The molecule has 0 saturated heterocycles. The van der Waals surface area contributed by atoms with Crippen molar-refractivity contribution in [3.8, 4) is 17.1 Å². The average Bonchev–Trinajstić information content (AvgIpc) is 2.89. The standard InChI is InChI=1S/C14H13N3O2/c18-7-8-19-11-3-1-10(2-4-11)14-16-12-5-6-15-9-13(12)17-14/h1-6,9,18H,7-8H2,(H,16,17). The van der Waals surface area contributed by atoms with E-state index in [-0.39, 0.29) is 6.61 Å². The smallest absolute Gasteiger partial charge is 0.138 e. The van der Waals surface area contributed by atoms with Crippen molar-refractivity contribution < 1.29 is 9.84 Å². The third-order valence-electron chi connectivity index (χ3n) is 2.77. The Kier molecular flexibility index (Phi) is 3.12. The Bertz CT molecular complexity index is 643. The molecule has 0 radical (unpaired) electrons. The molecule has 0 bridgehead atoms. The molecule has 0 unspecified atom stereocenters. The lowest BCUT2D eigenvalue weighted by atomic mass is 10.2. The van der Waals surface area contributed by atoms with Crippen LogP contribution in [0.4, 0.5) is 0 Å². The van der Waals surface area contributed by atoms with Crippen molar-refractivity contribution in [1.82, 2.24) is 15.0 Å². The third kappa shape index (κ3) is 2.41. The molecule has 3 aromatic rings. The van der Waals surface area contributed by atoms with E-state index in [1.165, 1.54) is 0 Å². The van der Waals surface area contributed by atoms with Crippen LogP contribution in [0.5, 0.6) is 5.75 Å². The van der Waals surface area contributed by atoms with E-state index in [1.54, 1.807) is 12.4 Å². The van der Waals surface area contributed by atoms with Gasteiger partial charge in [0.05, 0.1) is 18.3 Å². The number of H-pyrrole nitrogens is 1. The molecule has 2 heterocycles. The highest BCUT2D eigenvalue weighted by Gasteiger charge is 2.05. The fourth-order valence-electron chi connectivity index (χ4n) is 1.87.